The van der Waals surface area contributed by atoms with Gasteiger partial charge in [-0.3, -0.25) is 4.79 Å². The number of ether oxygens (including phenoxy) is 2. The summed E-state index contributed by atoms with van der Waals surface area (Å²) in [5.74, 6) is 1.21. The van der Waals surface area contributed by atoms with E-state index in [1.807, 2.05) is 24.3 Å². The molecule has 0 fully saturated rings. The Morgan fingerprint density at radius 3 is 2.85 bits per heavy atom. The van der Waals surface area contributed by atoms with E-state index in [1.54, 1.807) is 19.3 Å². The zero-order valence-corrected chi connectivity index (χ0v) is 10.8. The molecule has 0 bridgehead atoms. The molecule has 1 heterocycles. The van der Waals surface area contributed by atoms with Crippen molar-refractivity contribution in [3.8, 4) is 17.2 Å². The highest BCUT2D eigenvalue weighted by Gasteiger charge is 2.27. The Morgan fingerprint density at radius 1 is 1.20 bits per heavy atom. The van der Waals surface area contributed by atoms with Gasteiger partial charge in [0.2, 0.25) is 5.78 Å². The first kappa shape index (κ1) is 12.3. The Bertz CT molecular complexity index is 716. The molecule has 0 aromatic heterocycles. The maximum Gasteiger partial charge on any atom is 0.232 e. The van der Waals surface area contributed by atoms with Crippen molar-refractivity contribution in [1.29, 1.82) is 0 Å². The molecule has 1 aliphatic rings. The van der Waals surface area contributed by atoms with Gasteiger partial charge in [-0.05, 0) is 42.0 Å². The molecule has 2 aromatic rings. The van der Waals surface area contributed by atoms with Crippen molar-refractivity contribution in [1.82, 2.24) is 0 Å². The number of fused-ring (bicyclic) bond motifs is 1. The second kappa shape index (κ2) is 4.74. The summed E-state index contributed by atoms with van der Waals surface area (Å²) in [5, 5.41) is 9.41. The van der Waals surface area contributed by atoms with Crippen molar-refractivity contribution in [2.75, 3.05) is 7.11 Å². The first-order valence-electron chi connectivity index (χ1n) is 6.09. The highest BCUT2D eigenvalue weighted by Crippen LogP contribution is 2.34. The molecule has 0 amide bonds. The molecular weight excluding hydrogens is 256 g/mol. The number of hydrogen-bond acceptors (Lipinski definition) is 4. The van der Waals surface area contributed by atoms with E-state index in [0.717, 1.165) is 5.56 Å². The zero-order chi connectivity index (χ0) is 14.1. The summed E-state index contributed by atoms with van der Waals surface area (Å²) >= 11 is 0. The summed E-state index contributed by atoms with van der Waals surface area (Å²) in [5.41, 5.74) is 1.18. The lowest BCUT2D eigenvalue weighted by Gasteiger charge is -2.01. The van der Waals surface area contributed by atoms with Gasteiger partial charge in [0.05, 0.1) is 12.7 Å². The quantitative estimate of drug-likeness (QED) is 0.851. The van der Waals surface area contributed by atoms with Crippen LogP contribution in [0.5, 0.6) is 17.2 Å². The second-order valence-corrected chi connectivity index (χ2v) is 4.40. The molecule has 0 spiro atoms. The predicted molar refractivity (Wildman–Crippen MR) is 74.0 cm³/mol. The summed E-state index contributed by atoms with van der Waals surface area (Å²) in [6.07, 6.45) is 1.65. The van der Waals surface area contributed by atoms with Crippen LogP contribution in [0.1, 0.15) is 15.9 Å². The fraction of sp³-hybridized carbons (Fsp3) is 0.0625. The zero-order valence-electron chi connectivity index (χ0n) is 10.8. The van der Waals surface area contributed by atoms with Crippen LogP contribution in [0.4, 0.5) is 0 Å². The van der Waals surface area contributed by atoms with Crippen LogP contribution in [0, 0.1) is 0 Å². The highest BCUT2D eigenvalue weighted by atomic mass is 16.5. The van der Waals surface area contributed by atoms with Crippen molar-refractivity contribution in [3.05, 3.63) is 59.4 Å². The SMILES string of the molecule is COc1cccc(/C=C2\Oc3ccc(O)cc3C2=O)c1. The molecule has 0 radical (unpaired) electrons. The van der Waals surface area contributed by atoms with E-state index in [0.29, 0.717) is 17.1 Å². The molecule has 0 atom stereocenters. The van der Waals surface area contributed by atoms with Gasteiger partial charge >= 0.3 is 0 Å². The van der Waals surface area contributed by atoms with Crippen molar-refractivity contribution < 1.29 is 19.4 Å². The number of methoxy groups -OCH3 is 1. The van der Waals surface area contributed by atoms with E-state index < -0.39 is 0 Å². The number of Topliss-reactive ketones (excluding diaryl/α,β-unsaturated/α-hetero) is 1. The molecule has 0 unspecified atom stereocenters. The number of allylic oxidation sites excluding steroid dienone is 1. The highest BCUT2D eigenvalue weighted by molar-refractivity contribution is 6.14. The lowest BCUT2D eigenvalue weighted by Crippen LogP contribution is -1.98. The smallest absolute Gasteiger partial charge is 0.232 e. The molecule has 0 aliphatic carbocycles. The predicted octanol–water partition coefficient (Wildman–Crippen LogP) is 3.02. The van der Waals surface area contributed by atoms with Crippen molar-refractivity contribution in [2.45, 2.75) is 0 Å². The third-order valence-electron chi connectivity index (χ3n) is 3.04. The second-order valence-electron chi connectivity index (χ2n) is 4.40. The van der Waals surface area contributed by atoms with Crippen molar-refractivity contribution >= 4 is 11.9 Å². The van der Waals surface area contributed by atoms with E-state index >= 15 is 0 Å². The fourth-order valence-electron chi connectivity index (χ4n) is 2.06. The number of carbonyl (C=O) groups is 1. The molecule has 100 valence electrons. The number of phenolic OH excluding ortho intramolecular Hbond substituents is 1. The third kappa shape index (κ3) is 2.12. The maximum absolute atomic E-state index is 12.2. The van der Waals surface area contributed by atoms with Gasteiger partial charge in [0.1, 0.15) is 17.2 Å². The summed E-state index contributed by atoms with van der Waals surface area (Å²) in [6, 6.07) is 11.8. The monoisotopic (exact) mass is 268 g/mol. The third-order valence-corrected chi connectivity index (χ3v) is 3.04. The van der Waals surface area contributed by atoms with E-state index in [-0.39, 0.29) is 17.3 Å². The van der Waals surface area contributed by atoms with E-state index in [9.17, 15) is 9.90 Å². The molecule has 4 nitrogen and oxygen atoms in total. The average molecular weight is 268 g/mol. The van der Waals surface area contributed by atoms with E-state index in [4.69, 9.17) is 9.47 Å². The molecule has 0 saturated heterocycles. The van der Waals surface area contributed by atoms with Crippen molar-refractivity contribution in [3.63, 3.8) is 0 Å². The van der Waals surface area contributed by atoms with Crippen LogP contribution in [-0.4, -0.2) is 18.0 Å². The van der Waals surface area contributed by atoms with Gasteiger partial charge in [0.15, 0.2) is 5.76 Å². The number of ketones is 1. The summed E-state index contributed by atoms with van der Waals surface area (Å²) in [7, 11) is 1.59. The van der Waals surface area contributed by atoms with Crippen LogP contribution in [0.15, 0.2) is 48.2 Å². The topological polar surface area (TPSA) is 55.8 Å². The van der Waals surface area contributed by atoms with Gasteiger partial charge in [0.25, 0.3) is 0 Å². The van der Waals surface area contributed by atoms with Crippen LogP contribution < -0.4 is 9.47 Å². The normalized spacial score (nSPS) is 15.1. The Hall–Kier alpha value is -2.75. The van der Waals surface area contributed by atoms with Crippen LogP contribution in [-0.2, 0) is 0 Å². The van der Waals surface area contributed by atoms with Gasteiger partial charge in [-0.1, -0.05) is 12.1 Å². The summed E-state index contributed by atoms with van der Waals surface area (Å²) < 4.78 is 10.6. The first-order chi connectivity index (χ1) is 9.67. The average Bonchev–Trinajstić information content (AvgIpc) is 2.76. The van der Waals surface area contributed by atoms with Crippen LogP contribution >= 0.6 is 0 Å². The van der Waals surface area contributed by atoms with Crippen molar-refractivity contribution in [2.24, 2.45) is 0 Å². The number of carbonyl (C=O) groups excluding carboxylic acids is 1. The lowest BCUT2D eigenvalue weighted by atomic mass is 10.1. The number of phenols is 1. The molecule has 0 saturated carbocycles. The molecule has 4 heteroatoms. The Labute approximate surface area is 115 Å². The van der Waals surface area contributed by atoms with Gasteiger partial charge in [0, 0.05) is 0 Å². The van der Waals surface area contributed by atoms with Gasteiger partial charge in [-0.2, -0.15) is 0 Å². The minimum Gasteiger partial charge on any atom is -0.508 e. The fourth-order valence-corrected chi connectivity index (χ4v) is 2.06. The molecule has 20 heavy (non-hydrogen) atoms. The van der Waals surface area contributed by atoms with E-state index in [1.165, 1.54) is 12.1 Å². The minimum atomic E-state index is -0.237. The molecule has 1 aliphatic heterocycles. The van der Waals surface area contributed by atoms with Crippen LogP contribution in [0.3, 0.4) is 0 Å². The van der Waals surface area contributed by atoms with Gasteiger partial charge in [-0.15, -0.1) is 0 Å². The maximum atomic E-state index is 12.2. The van der Waals surface area contributed by atoms with Crippen LogP contribution in [0.25, 0.3) is 6.08 Å². The molecule has 2 aromatic carbocycles. The van der Waals surface area contributed by atoms with Gasteiger partial charge < -0.3 is 14.6 Å². The lowest BCUT2D eigenvalue weighted by molar-refractivity contribution is 0.101. The number of aromatic hydroxyl groups is 1. The molecule has 1 N–H and O–H groups in total. The molecular formula is C16H12O4. The Morgan fingerprint density at radius 2 is 2.05 bits per heavy atom. The number of benzene rings is 2. The number of hydrogen-bond donors (Lipinski definition) is 1. The molecule has 3 rings (SSSR count). The standard InChI is InChI=1S/C16H12O4/c1-19-12-4-2-3-10(7-12)8-15-16(18)13-9-11(17)5-6-14(13)20-15/h2-9,17H,1H3/b15-8-. The summed E-state index contributed by atoms with van der Waals surface area (Å²) in [6.45, 7) is 0. The van der Waals surface area contributed by atoms with Gasteiger partial charge in [-0.25, -0.2) is 0 Å². The largest absolute Gasteiger partial charge is 0.508 e. The Balaban J connectivity index is 1.97. The van der Waals surface area contributed by atoms with Crippen LogP contribution in [0.2, 0.25) is 0 Å². The first-order valence-corrected chi connectivity index (χ1v) is 6.09. The summed E-state index contributed by atoms with van der Waals surface area (Å²) in [4.78, 5) is 12.2. The number of rotatable bonds is 2. The Kier molecular flexibility index (Phi) is 2.91. The van der Waals surface area contributed by atoms with E-state index in [2.05, 4.69) is 0 Å². The minimum absolute atomic E-state index is 0.0448.